The number of phenols is 2. The van der Waals surface area contributed by atoms with Gasteiger partial charge < -0.3 is 14.9 Å². The molecular formula is C26H22F3NO5S. The van der Waals surface area contributed by atoms with Crippen LogP contribution in [0.4, 0.5) is 18.9 Å². The van der Waals surface area contributed by atoms with Crippen LogP contribution >= 0.6 is 0 Å². The molecule has 3 aromatic rings. The van der Waals surface area contributed by atoms with Crippen molar-refractivity contribution in [3.63, 3.8) is 0 Å². The number of benzene rings is 3. The Labute approximate surface area is 205 Å². The van der Waals surface area contributed by atoms with Crippen LogP contribution in [0, 0.1) is 0 Å². The van der Waals surface area contributed by atoms with E-state index in [-0.39, 0.29) is 23.6 Å². The van der Waals surface area contributed by atoms with E-state index in [1.165, 1.54) is 48.5 Å². The van der Waals surface area contributed by atoms with Gasteiger partial charge in [-0.05, 0) is 65.1 Å². The van der Waals surface area contributed by atoms with Gasteiger partial charge in [0, 0.05) is 0 Å². The number of fused-ring (bicyclic) bond motifs is 2. The Hall–Kier alpha value is -3.50. The van der Waals surface area contributed by atoms with Gasteiger partial charge in [0.15, 0.2) is 0 Å². The predicted molar refractivity (Wildman–Crippen MR) is 129 cm³/mol. The molecule has 2 heterocycles. The van der Waals surface area contributed by atoms with Crippen molar-refractivity contribution in [1.82, 2.24) is 0 Å². The van der Waals surface area contributed by atoms with Crippen molar-refractivity contribution in [3.8, 4) is 11.5 Å². The molecule has 0 amide bonds. The van der Waals surface area contributed by atoms with Gasteiger partial charge in [-0.25, -0.2) is 8.42 Å². The third-order valence-electron chi connectivity index (χ3n) is 6.41. The number of phenolic OH excluding ortho intramolecular Hbond substituents is 2. The van der Waals surface area contributed by atoms with Gasteiger partial charge in [-0.2, -0.15) is 13.2 Å². The van der Waals surface area contributed by atoms with E-state index in [9.17, 15) is 31.8 Å². The van der Waals surface area contributed by atoms with Gasteiger partial charge in [0.25, 0.3) is 0 Å². The first kappa shape index (κ1) is 24.2. The van der Waals surface area contributed by atoms with Gasteiger partial charge in [0.2, 0.25) is 10.0 Å². The zero-order chi connectivity index (χ0) is 25.7. The summed E-state index contributed by atoms with van der Waals surface area (Å²) in [5.41, 5.74) is 2.45. The maximum atomic E-state index is 13.8. The topological polar surface area (TPSA) is 87.1 Å². The van der Waals surface area contributed by atoms with Crippen LogP contribution in [-0.2, 0) is 14.8 Å². The fourth-order valence-electron chi connectivity index (χ4n) is 4.89. The highest BCUT2D eigenvalue weighted by Crippen LogP contribution is 2.51. The molecular weight excluding hydrogens is 495 g/mol. The lowest BCUT2D eigenvalue weighted by molar-refractivity contribution is -0.117. The minimum Gasteiger partial charge on any atom is -0.508 e. The Morgan fingerprint density at radius 2 is 1.36 bits per heavy atom. The van der Waals surface area contributed by atoms with Crippen LogP contribution in [0.5, 0.6) is 11.5 Å². The number of aromatic hydroxyl groups is 2. The summed E-state index contributed by atoms with van der Waals surface area (Å²) in [6.07, 6.45) is -6.47. The SMILES string of the molecule is O=S(=O)(C1CC2OC1C(c1ccc(O)cc1)=C2c1ccc(O)cc1)N(CC(F)(F)F)c1ccccc1. The Morgan fingerprint density at radius 3 is 1.89 bits per heavy atom. The Balaban J connectivity index is 1.61. The van der Waals surface area contributed by atoms with Gasteiger partial charge in [-0.15, -0.1) is 0 Å². The molecule has 5 rings (SSSR count). The fraction of sp³-hybridized carbons (Fsp3) is 0.231. The fourth-order valence-corrected chi connectivity index (χ4v) is 6.89. The smallest absolute Gasteiger partial charge is 0.407 e. The van der Waals surface area contributed by atoms with E-state index in [2.05, 4.69) is 0 Å². The summed E-state index contributed by atoms with van der Waals surface area (Å²) in [7, 11) is -4.51. The molecule has 10 heteroatoms. The highest BCUT2D eigenvalue weighted by atomic mass is 32.2. The normalized spacial score (nSPS) is 21.7. The van der Waals surface area contributed by atoms with Gasteiger partial charge in [-0.1, -0.05) is 42.5 Å². The molecule has 3 unspecified atom stereocenters. The Kier molecular flexibility index (Phi) is 5.96. The molecule has 2 bridgehead atoms. The van der Waals surface area contributed by atoms with Crippen LogP contribution in [0.25, 0.3) is 11.1 Å². The molecule has 0 radical (unpaired) electrons. The van der Waals surface area contributed by atoms with Crippen molar-refractivity contribution in [2.24, 2.45) is 0 Å². The maximum Gasteiger partial charge on any atom is 0.407 e. The number of hydrogen-bond acceptors (Lipinski definition) is 5. The molecule has 0 spiro atoms. The lowest BCUT2D eigenvalue weighted by Gasteiger charge is -2.32. The summed E-state index contributed by atoms with van der Waals surface area (Å²) in [5, 5.41) is 18.2. The molecule has 36 heavy (non-hydrogen) atoms. The predicted octanol–water partition coefficient (Wildman–Crippen LogP) is 4.95. The van der Waals surface area contributed by atoms with Crippen LogP contribution in [-0.4, -0.2) is 48.8 Å². The van der Waals surface area contributed by atoms with Gasteiger partial charge in [0.05, 0.1) is 11.8 Å². The molecule has 3 aromatic carbocycles. The molecule has 2 N–H and O–H groups in total. The minimum atomic E-state index is -4.76. The van der Waals surface area contributed by atoms with Crippen LogP contribution in [0.1, 0.15) is 17.5 Å². The van der Waals surface area contributed by atoms with Gasteiger partial charge in [0.1, 0.15) is 29.4 Å². The lowest BCUT2D eigenvalue weighted by Crippen LogP contribution is -2.47. The first-order valence-electron chi connectivity index (χ1n) is 11.2. The number of para-hydroxylation sites is 1. The minimum absolute atomic E-state index is 0.0132. The number of ether oxygens (including phenoxy) is 1. The zero-order valence-electron chi connectivity index (χ0n) is 18.8. The van der Waals surface area contributed by atoms with E-state index < -0.39 is 40.2 Å². The molecule has 6 nitrogen and oxygen atoms in total. The number of halogens is 3. The first-order valence-corrected chi connectivity index (χ1v) is 12.7. The van der Waals surface area contributed by atoms with Crippen LogP contribution in [0.15, 0.2) is 78.9 Å². The van der Waals surface area contributed by atoms with Crippen molar-refractivity contribution in [1.29, 1.82) is 0 Å². The standard InChI is InChI=1S/C26H22F3NO5S/c27-26(28,29)15-30(18-4-2-1-3-5-18)36(33,34)22-14-21-23(16-6-10-19(31)11-7-16)24(25(22)35-21)17-8-12-20(32)13-9-17/h1-13,21-22,25,31-32H,14-15H2. The molecule has 2 aliphatic rings. The van der Waals surface area contributed by atoms with Crippen LogP contribution in [0.3, 0.4) is 0 Å². The third kappa shape index (κ3) is 4.42. The number of hydrogen-bond donors (Lipinski definition) is 2. The summed E-state index contributed by atoms with van der Waals surface area (Å²) < 4.78 is 74.6. The number of alkyl halides is 3. The zero-order valence-corrected chi connectivity index (χ0v) is 19.6. The quantitative estimate of drug-likeness (QED) is 0.484. The van der Waals surface area contributed by atoms with Crippen molar-refractivity contribution in [3.05, 3.63) is 90.0 Å². The maximum absolute atomic E-state index is 13.8. The lowest BCUT2D eigenvalue weighted by atomic mass is 9.83. The second kappa shape index (κ2) is 8.86. The number of anilines is 1. The Bertz CT molecular complexity index is 1390. The van der Waals surface area contributed by atoms with E-state index in [1.807, 2.05) is 0 Å². The monoisotopic (exact) mass is 517 g/mol. The molecule has 2 aliphatic heterocycles. The van der Waals surface area contributed by atoms with E-state index in [0.29, 0.717) is 26.6 Å². The summed E-state index contributed by atoms with van der Waals surface area (Å²) in [6, 6.07) is 19.7. The summed E-state index contributed by atoms with van der Waals surface area (Å²) in [5.74, 6) is 0.0694. The number of nitrogens with zero attached hydrogens (tertiary/aromatic N) is 1. The van der Waals surface area contributed by atoms with E-state index in [1.54, 1.807) is 30.3 Å². The second-order valence-electron chi connectivity index (χ2n) is 8.74. The molecule has 1 fully saturated rings. The van der Waals surface area contributed by atoms with Crippen molar-refractivity contribution < 1.29 is 36.5 Å². The summed E-state index contributed by atoms with van der Waals surface area (Å²) in [4.78, 5) is 0. The molecule has 0 saturated carbocycles. The van der Waals surface area contributed by atoms with Crippen molar-refractivity contribution in [2.45, 2.75) is 30.1 Å². The van der Waals surface area contributed by atoms with E-state index in [4.69, 9.17) is 4.74 Å². The van der Waals surface area contributed by atoms with Crippen molar-refractivity contribution >= 4 is 26.9 Å². The number of rotatable bonds is 6. The molecule has 0 aromatic heterocycles. The average molecular weight is 518 g/mol. The molecule has 3 atom stereocenters. The van der Waals surface area contributed by atoms with Crippen LogP contribution in [0.2, 0.25) is 0 Å². The summed E-state index contributed by atoms with van der Waals surface area (Å²) >= 11 is 0. The Morgan fingerprint density at radius 1 is 0.833 bits per heavy atom. The molecule has 0 aliphatic carbocycles. The van der Waals surface area contributed by atoms with Gasteiger partial charge >= 0.3 is 6.18 Å². The first-order chi connectivity index (χ1) is 17.0. The van der Waals surface area contributed by atoms with Crippen molar-refractivity contribution in [2.75, 3.05) is 10.8 Å². The van der Waals surface area contributed by atoms with Gasteiger partial charge in [-0.3, -0.25) is 4.31 Å². The van der Waals surface area contributed by atoms with E-state index >= 15 is 0 Å². The van der Waals surface area contributed by atoms with Crippen LogP contribution < -0.4 is 4.31 Å². The molecule has 188 valence electrons. The molecule has 1 saturated heterocycles. The summed E-state index contributed by atoms with van der Waals surface area (Å²) in [6.45, 7) is -1.66. The van der Waals surface area contributed by atoms with E-state index in [0.717, 1.165) is 0 Å². The average Bonchev–Trinajstić information content (AvgIpc) is 3.43. The highest BCUT2D eigenvalue weighted by molar-refractivity contribution is 7.93. The second-order valence-corrected chi connectivity index (χ2v) is 10.8. The third-order valence-corrected chi connectivity index (χ3v) is 8.56. The number of sulfonamides is 1. The highest BCUT2D eigenvalue weighted by Gasteiger charge is 2.55. The largest absolute Gasteiger partial charge is 0.508 e.